The molecule has 0 amide bonds. The Balaban J connectivity index is 1.86. The number of benzene rings is 1. The Hall–Kier alpha value is -0.440. The molecule has 1 aliphatic heterocycles. The van der Waals surface area contributed by atoms with Gasteiger partial charge in [0.05, 0.1) is 0 Å². The van der Waals surface area contributed by atoms with Gasteiger partial charge in [-0.1, -0.05) is 36.0 Å². The minimum atomic E-state index is 0.311. The van der Waals surface area contributed by atoms with Gasteiger partial charge in [-0.2, -0.15) is 0 Å². The highest BCUT2D eigenvalue weighted by Crippen LogP contribution is 2.34. The van der Waals surface area contributed by atoms with Crippen molar-refractivity contribution in [2.45, 2.75) is 37.6 Å². The quantitative estimate of drug-likeness (QED) is 0.839. The second-order valence-corrected chi connectivity index (χ2v) is 6.69. The van der Waals surface area contributed by atoms with Crippen molar-refractivity contribution in [2.75, 3.05) is 24.5 Å². The second kappa shape index (κ2) is 5.51. The summed E-state index contributed by atoms with van der Waals surface area (Å²) in [6.07, 6.45) is 6.44. The fraction of sp³-hybridized carbons (Fsp3) is 0.600. The molecule has 1 saturated heterocycles. The summed E-state index contributed by atoms with van der Waals surface area (Å²) in [5.74, 6) is 0. The average molecular weight is 299 g/mol. The number of nitrogens with zero attached hydrogens (tertiary/aromatic N) is 1. The van der Waals surface area contributed by atoms with E-state index >= 15 is 0 Å². The number of nitrogens with one attached hydrogen (secondary N) is 1. The van der Waals surface area contributed by atoms with Gasteiger partial charge in [0.1, 0.15) is 0 Å². The molecule has 1 saturated carbocycles. The molecule has 1 aromatic carbocycles. The lowest BCUT2D eigenvalue weighted by atomic mass is 9.97. The molecule has 4 heteroatoms. The highest BCUT2D eigenvalue weighted by molar-refractivity contribution is 6.35. The van der Waals surface area contributed by atoms with E-state index in [1.807, 2.05) is 12.1 Å². The Kier molecular flexibility index (Phi) is 3.93. The average Bonchev–Trinajstić information content (AvgIpc) is 2.69. The van der Waals surface area contributed by atoms with Gasteiger partial charge in [-0.25, -0.2) is 0 Å². The van der Waals surface area contributed by atoms with E-state index in [1.165, 1.54) is 32.1 Å². The summed E-state index contributed by atoms with van der Waals surface area (Å²) in [7, 11) is 0. The molecule has 1 N–H and O–H groups in total. The van der Waals surface area contributed by atoms with Crippen molar-refractivity contribution in [3.8, 4) is 0 Å². The molecule has 19 heavy (non-hydrogen) atoms. The van der Waals surface area contributed by atoms with E-state index in [-0.39, 0.29) is 0 Å². The molecule has 0 unspecified atom stereocenters. The normalized spacial score (nSPS) is 22.7. The zero-order valence-electron chi connectivity index (χ0n) is 11.1. The van der Waals surface area contributed by atoms with E-state index in [0.717, 1.165) is 35.4 Å². The lowest BCUT2D eigenvalue weighted by molar-refractivity contribution is 0.354. The van der Waals surface area contributed by atoms with Gasteiger partial charge in [-0.05, 0) is 44.0 Å². The summed E-state index contributed by atoms with van der Waals surface area (Å²) >= 11 is 12.3. The van der Waals surface area contributed by atoms with Crippen LogP contribution in [0.4, 0.5) is 5.69 Å². The third-order valence-electron chi connectivity index (χ3n) is 4.37. The maximum atomic E-state index is 6.13. The van der Waals surface area contributed by atoms with E-state index in [9.17, 15) is 0 Å². The van der Waals surface area contributed by atoms with Gasteiger partial charge in [-0.3, -0.25) is 0 Å². The molecular formula is C15H20Cl2N2. The lowest BCUT2D eigenvalue weighted by Crippen LogP contribution is -2.49. The van der Waals surface area contributed by atoms with Crippen LogP contribution in [0.15, 0.2) is 18.2 Å². The number of rotatable bonds is 1. The van der Waals surface area contributed by atoms with Crippen LogP contribution in [0.5, 0.6) is 0 Å². The molecule has 0 bridgehead atoms. The predicted octanol–water partition coefficient (Wildman–Crippen LogP) is 4.11. The first-order chi connectivity index (χ1) is 9.17. The second-order valence-electron chi connectivity index (χ2n) is 5.82. The van der Waals surface area contributed by atoms with Crippen molar-refractivity contribution in [3.05, 3.63) is 28.2 Å². The van der Waals surface area contributed by atoms with Crippen molar-refractivity contribution in [2.24, 2.45) is 0 Å². The molecule has 0 atom stereocenters. The molecule has 2 fully saturated rings. The van der Waals surface area contributed by atoms with Crippen LogP contribution < -0.4 is 10.2 Å². The topological polar surface area (TPSA) is 15.3 Å². The van der Waals surface area contributed by atoms with Crippen LogP contribution in [0.3, 0.4) is 0 Å². The highest BCUT2D eigenvalue weighted by atomic mass is 35.5. The SMILES string of the molecule is Clc1cc(Cl)cc(N2CCCNC3(CCCC3)C2)c1. The summed E-state index contributed by atoms with van der Waals surface area (Å²) in [6, 6.07) is 5.86. The molecule has 1 aromatic rings. The van der Waals surface area contributed by atoms with Crippen molar-refractivity contribution in [1.82, 2.24) is 5.32 Å². The van der Waals surface area contributed by atoms with E-state index in [0.29, 0.717) is 5.54 Å². The van der Waals surface area contributed by atoms with Crippen LogP contribution in [0, 0.1) is 0 Å². The van der Waals surface area contributed by atoms with Gasteiger partial charge < -0.3 is 10.2 Å². The number of hydrogen-bond acceptors (Lipinski definition) is 2. The first-order valence-corrected chi connectivity index (χ1v) is 7.89. The molecule has 2 aliphatic rings. The van der Waals surface area contributed by atoms with Crippen LogP contribution in [-0.4, -0.2) is 25.2 Å². The minimum absolute atomic E-state index is 0.311. The fourth-order valence-corrected chi connectivity index (χ4v) is 3.97. The maximum absolute atomic E-state index is 6.13. The highest BCUT2D eigenvalue weighted by Gasteiger charge is 2.36. The summed E-state index contributed by atoms with van der Waals surface area (Å²) < 4.78 is 0. The summed E-state index contributed by atoms with van der Waals surface area (Å²) in [6.45, 7) is 3.26. The lowest BCUT2D eigenvalue weighted by Gasteiger charge is -2.34. The Labute approximate surface area is 125 Å². The Bertz CT molecular complexity index is 435. The molecule has 3 rings (SSSR count). The van der Waals surface area contributed by atoms with E-state index in [1.54, 1.807) is 6.07 Å². The van der Waals surface area contributed by atoms with Gasteiger partial charge in [0, 0.05) is 34.4 Å². The molecule has 104 valence electrons. The van der Waals surface area contributed by atoms with Crippen LogP contribution in [0.1, 0.15) is 32.1 Å². The summed E-state index contributed by atoms with van der Waals surface area (Å²) in [5.41, 5.74) is 1.47. The summed E-state index contributed by atoms with van der Waals surface area (Å²) in [4.78, 5) is 2.45. The molecular weight excluding hydrogens is 279 g/mol. The van der Waals surface area contributed by atoms with E-state index in [4.69, 9.17) is 23.2 Å². The largest absolute Gasteiger partial charge is 0.370 e. The Morgan fingerprint density at radius 1 is 1.00 bits per heavy atom. The number of hydrogen-bond donors (Lipinski definition) is 1. The van der Waals surface area contributed by atoms with Crippen LogP contribution in [0.25, 0.3) is 0 Å². The smallest absolute Gasteiger partial charge is 0.0441 e. The third kappa shape index (κ3) is 3.01. The molecule has 1 heterocycles. The molecule has 2 nitrogen and oxygen atoms in total. The minimum Gasteiger partial charge on any atom is -0.370 e. The molecule has 1 spiro atoms. The first-order valence-electron chi connectivity index (χ1n) is 7.13. The fourth-order valence-electron chi connectivity index (χ4n) is 3.45. The maximum Gasteiger partial charge on any atom is 0.0441 e. The van der Waals surface area contributed by atoms with Crippen LogP contribution in [-0.2, 0) is 0 Å². The summed E-state index contributed by atoms with van der Waals surface area (Å²) in [5, 5.41) is 5.22. The van der Waals surface area contributed by atoms with Crippen molar-refractivity contribution in [1.29, 1.82) is 0 Å². The molecule has 1 aliphatic carbocycles. The standard InChI is InChI=1S/C15H20Cl2N2/c16-12-8-13(17)10-14(9-12)19-7-3-6-18-15(11-19)4-1-2-5-15/h8-10,18H,1-7,11H2. The predicted molar refractivity (Wildman–Crippen MR) is 82.5 cm³/mol. The van der Waals surface area contributed by atoms with Crippen molar-refractivity contribution in [3.63, 3.8) is 0 Å². The van der Waals surface area contributed by atoms with Gasteiger partial charge in [-0.15, -0.1) is 0 Å². The van der Waals surface area contributed by atoms with Crippen LogP contribution >= 0.6 is 23.2 Å². The first kappa shape index (κ1) is 13.5. The van der Waals surface area contributed by atoms with Gasteiger partial charge in [0.15, 0.2) is 0 Å². The van der Waals surface area contributed by atoms with Crippen molar-refractivity contribution >= 4 is 28.9 Å². The van der Waals surface area contributed by atoms with E-state index < -0.39 is 0 Å². The number of anilines is 1. The van der Waals surface area contributed by atoms with Crippen molar-refractivity contribution < 1.29 is 0 Å². The zero-order chi connectivity index (χ0) is 13.3. The van der Waals surface area contributed by atoms with Crippen LogP contribution in [0.2, 0.25) is 10.0 Å². The van der Waals surface area contributed by atoms with Gasteiger partial charge >= 0.3 is 0 Å². The Morgan fingerprint density at radius 3 is 2.37 bits per heavy atom. The van der Waals surface area contributed by atoms with E-state index in [2.05, 4.69) is 10.2 Å². The molecule has 0 radical (unpaired) electrons. The third-order valence-corrected chi connectivity index (χ3v) is 4.81. The van der Waals surface area contributed by atoms with Gasteiger partial charge in [0.2, 0.25) is 0 Å². The Morgan fingerprint density at radius 2 is 1.68 bits per heavy atom. The molecule has 0 aromatic heterocycles. The number of halogens is 2. The monoisotopic (exact) mass is 298 g/mol. The van der Waals surface area contributed by atoms with Gasteiger partial charge in [0.25, 0.3) is 0 Å². The zero-order valence-corrected chi connectivity index (χ0v) is 12.6.